The van der Waals surface area contributed by atoms with Crippen LogP contribution in [0.4, 0.5) is 0 Å². The van der Waals surface area contributed by atoms with Crippen LogP contribution >= 0.6 is 0 Å². The van der Waals surface area contributed by atoms with Crippen LogP contribution in [-0.4, -0.2) is 17.2 Å². The molecule has 0 aromatic heterocycles. The molecule has 3 nitrogen and oxygen atoms in total. The molecule has 0 amide bonds. The largest absolute Gasteiger partial charge is 0.508 e. The summed E-state index contributed by atoms with van der Waals surface area (Å²) in [6.45, 7) is 3.76. The summed E-state index contributed by atoms with van der Waals surface area (Å²) in [6.07, 6.45) is 0.692. The van der Waals surface area contributed by atoms with Crippen molar-refractivity contribution >= 4 is 5.97 Å². The molecule has 1 aliphatic rings. The monoisotopic (exact) mass is 142 g/mol. The highest BCUT2D eigenvalue weighted by atomic mass is 16.6. The molecule has 0 aromatic rings. The fourth-order valence-electron chi connectivity index (χ4n) is 0.900. The Morgan fingerprint density at radius 2 is 2.30 bits per heavy atom. The molecule has 1 atom stereocenters. The summed E-state index contributed by atoms with van der Waals surface area (Å²) in [6, 6.07) is 0. The number of carbonyl (C=O) groups is 1. The van der Waals surface area contributed by atoms with Crippen molar-refractivity contribution in [1.82, 2.24) is 0 Å². The van der Waals surface area contributed by atoms with Crippen LogP contribution in [0.15, 0.2) is 11.8 Å². The number of hydrogen-bond acceptors (Lipinski definition) is 3. The van der Waals surface area contributed by atoms with E-state index in [1.165, 1.54) is 0 Å². The molecule has 0 spiro atoms. The van der Waals surface area contributed by atoms with Crippen LogP contribution < -0.4 is 0 Å². The van der Waals surface area contributed by atoms with Crippen molar-refractivity contribution in [3.63, 3.8) is 0 Å². The Morgan fingerprint density at radius 3 is 2.50 bits per heavy atom. The average Bonchev–Trinajstić information content (AvgIpc) is 2.10. The second-order valence-electron chi connectivity index (χ2n) is 2.67. The number of cyclic esters (lactones) is 1. The minimum absolute atomic E-state index is 0.0417. The van der Waals surface area contributed by atoms with Gasteiger partial charge in [-0.05, 0) is 5.92 Å². The molecule has 0 saturated heterocycles. The maximum absolute atomic E-state index is 10.5. The van der Waals surface area contributed by atoms with Gasteiger partial charge in [-0.1, -0.05) is 13.8 Å². The van der Waals surface area contributed by atoms with Crippen molar-refractivity contribution < 1.29 is 14.6 Å². The summed E-state index contributed by atoms with van der Waals surface area (Å²) < 4.78 is 4.75. The first-order valence-corrected chi connectivity index (χ1v) is 3.22. The van der Waals surface area contributed by atoms with Gasteiger partial charge in [0.15, 0.2) is 6.10 Å². The Kier molecular flexibility index (Phi) is 1.66. The van der Waals surface area contributed by atoms with E-state index in [4.69, 9.17) is 9.84 Å². The Labute approximate surface area is 59.3 Å². The lowest BCUT2D eigenvalue weighted by Gasteiger charge is -2.13. The molecule has 0 saturated carbocycles. The van der Waals surface area contributed by atoms with Crippen LogP contribution in [0.2, 0.25) is 0 Å². The predicted octanol–water partition coefficient (Wildman–Crippen LogP) is 1.01. The molecule has 1 heterocycles. The van der Waals surface area contributed by atoms with Crippen molar-refractivity contribution in [3.8, 4) is 0 Å². The first-order valence-electron chi connectivity index (χ1n) is 3.22. The van der Waals surface area contributed by atoms with Gasteiger partial charge in [0.05, 0.1) is 6.08 Å². The zero-order chi connectivity index (χ0) is 7.72. The summed E-state index contributed by atoms with van der Waals surface area (Å²) in [4.78, 5) is 10.5. The molecule has 1 aliphatic heterocycles. The highest BCUT2D eigenvalue weighted by Crippen LogP contribution is 2.19. The third kappa shape index (κ3) is 1.12. The molecule has 0 fully saturated rings. The van der Waals surface area contributed by atoms with Crippen LogP contribution in [0, 0.1) is 5.92 Å². The number of aliphatic hydroxyl groups excluding tert-OH is 1. The normalized spacial score (nSPS) is 24.9. The van der Waals surface area contributed by atoms with E-state index in [1.54, 1.807) is 0 Å². The van der Waals surface area contributed by atoms with Crippen molar-refractivity contribution in [3.05, 3.63) is 11.8 Å². The van der Waals surface area contributed by atoms with E-state index in [0.717, 1.165) is 6.08 Å². The fraction of sp³-hybridized carbons (Fsp3) is 0.571. The molecule has 1 rings (SSSR count). The molecular formula is C7H10O3. The first-order chi connectivity index (χ1) is 4.61. The van der Waals surface area contributed by atoms with Gasteiger partial charge in [-0.3, -0.25) is 0 Å². The second-order valence-corrected chi connectivity index (χ2v) is 2.67. The van der Waals surface area contributed by atoms with Crippen LogP contribution in [-0.2, 0) is 9.53 Å². The van der Waals surface area contributed by atoms with Gasteiger partial charge in [-0.25, -0.2) is 4.79 Å². The molecule has 1 unspecified atom stereocenters. The number of carbonyl (C=O) groups excluding carboxylic acids is 1. The molecule has 10 heavy (non-hydrogen) atoms. The van der Waals surface area contributed by atoms with Crippen LogP contribution in [0.25, 0.3) is 0 Å². The van der Waals surface area contributed by atoms with Gasteiger partial charge >= 0.3 is 5.97 Å². The molecule has 0 bridgehead atoms. The highest BCUT2D eigenvalue weighted by molar-refractivity contribution is 5.85. The van der Waals surface area contributed by atoms with Crippen molar-refractivity contribution in [2.24, 2.45) is 5.92 Å². The molecular weight excluding hydrogens is 132 g/mol. The molecule has 3 heteroatoms. The van der Waals surface area contributed by atoms with Gasteiger partial charge < -0.3 is 9.84 Å². The molecule has 0 aromatic carbocycles. The van der Waals surface area contributed by atoms with Crippen molar-refractivity contribution in [1.29, 1.82) is 0 Å². The van der Waals surface area contributed by atoms with Gasteiger partial charge in [-0.15, -0.1) is 0 Å². The second kappa shape index (κ2) is 2.33. The van der Waals surface area contributed by atoms with Gasteiger partial charge in [0.25, 0.3) is 0 Å². The zero-order valence-corrected chi connectivity index (χ0v) is 6.00. The third-order valence-electron chi connectivity index (χ3n) is 1.41. The maximum atomic E-state index is 10.5. The van der Waals surface area contributed by atoms with E-state index in [0.29, 0.717) is 0 Å². The Morgan fingerprint density at radius 1 is 1.70 bits per heavy atom. The quantitative estimate of drug-likeness (QED) is 0.556. The topological polar surface area (TPSA) is 46.5 Å². The lowest BCUT2D eigenvalue weighted by Crippen LogP contribution is -2.18. The van der Waals surface area contributed by atoms with E-state index < -0.39 is 12.1 Å². The summed E-state index contributed by atoms with van der Waals surface area (Å²) >= 11 is 0. The first kappa shape index (κ1) is 7.12. The van der Waals surface area contributed by atoms with E-state index in [-0.39, 0.29) is 11.7 Å². The minimum atomic E-state index is -0.448. The Hall–Kier alpha value is -0.990. The summed E-state index contributed by atoms with van der Waals surface area (Å²) in [5.74, 6) is -0.265. The van der Waals surface area contributed by atoms with E-state index in [2.05, 4.69) is 0 Å². The van der Waals surface area contributed by atoms with Gasteiger partial charge in [0.1, 0.15) is 5.76 Å². The number of rotatable bonds is 1. The zero-order valence-electron chi connectivity index (χ0n) is 6.00. The van der Waals surface area contributed by atoms with E-state index in [9.17, 15) is 4.79 Å². The Balaban J connectivity index is 2.68. The van der Waals surface area contributed by atoms with Gasteiger partial charge in [0, 0.05) is 0 Å². The summed E-state index contributed by atoms with van der Waals surface area (Å²) in [5, 5.41) is 9.05. The van der Waals surface area contributed by atoms with Crippen LogP contribution in [0.3, 0.4) is 0 Å². The number of aliphatic hydroxyl groups is 1. The van der Waals surface area contributed by atoms with Gasteiger partial charge in [0.2, 0.25) is 0 Å². The van der Waals surface area contributed by atoms with Gasteiger partial charge in [-0.2, -0.15) is 0 Å². The smallest absolute Gasteiger partial charge is 0.335 e. The molecule has 0 aliphatic carbocycles. The standard InChI is InChI=1S/C7H10O3/c1-4(2)7-5(8)3-6(9)10-7/h3-4,7-8H,1-2H3. The van der Waals surface area contributed by atoms with E-state index >= 15 is 0 Å². The number of esters is 1. The van der Waals surface area contributed by atoms with Crippen molar-refractivity contribution in [2.75, 3.05) is 0 Å². The molecule has 0 radical (unpaired) electrons. The van der Waals surface area contributed by atoms with E-state index in [1.807, 2.05) is 13.8 Å². The van der Waals surface area contributed by atoms with Crippen molar-refractivity contribution in [2.45, 2.75) is 20.0 Å². The van der Waals surface area contributed by atoms with Crippen LogP contribution in [0.1, 0.15) is 13.8 Å². The lowest BCUT2D eigenvalue weighted by molar-refractivity contribution is -0.140. The maximum Gasteiger partial charge on any atom is 0.335 e. The lowest BCUT2D eigenvalue weighted by atomic mass is 10.1. The average molecular weight is 142 g/mol. The predicted molar refractivity (Wildman–Crippen MR) is 35.4 cm³/mol. The Bertz CT molecular complexity index is 181. The fourth-order valence-corrected chi connectivity index (χ4v) is 0.900. The summed E-state index contributed by atoms with van der Waals surface area (Å²) in [5.41, 5.74) is 0. The SMILES string of the molecule is CC(C)C1OC(=O)C=C1O. The third-order valence-corrected chi connectivity index (χ3v) is 1.41. The molecule has 1 N–H and O–H groups in total. The highest BCUT2D eigenvalue weighted by Gasteiger charge is 2.28. The van der Waals surface area contributed by atoms with Crippen LogP contribution in [0.5, 0.6) is 0 Å². The minimum Gasteiger partial charge on any atom is -0.508 e. The summed E-state index contributed by atoms with van der Waals surface area (Å²) in [7, 11) is 0. The molecule has 56 valence electrons. The number of hydrogen-bond donors (Lipinski definition) is 1. The number of ether oxygens (including phenoxy) is 1.